The smallest absolute Gasteiger partial charge is 0.359 e. The molecular weight excluding hydrogens is 296 g/mol. The fraction of sp³-hybridized carbons (Fsp3) is 0.556. The molecular formula is C9H11BrN2O3S. The molecule has 7 heteroatoms. The lowest BCUT2D eigenvalue weighted by Crippen LogP contribution is -2.36. The molecule has 0 amide bonds. The van der Waals surface area contributed by atoms with Gasteiger partial charge in [0.1, 0.15) is 5.00 Å². The van der Waals surface area contributed by atoms with Crippen molar-refractivity contribution >= 4 is 38.2 Å². The Kier molecular flexibility index (Phi) is 3.78. The molecule has 16 heavy (non-hydrogen) atoms. The zero-order valence-corrected chi connectivity index (χ0v) is 11.1. The van der Waals surface area contributed by atoms with Crippen LogP contribution >= 0.6 is 27.3 Å². The third-order valence-corrected chi connectivity index (χ3v) is 3.83. The van der Waals surface area contributed by atoms with Gasteiger partial charge in [0.2, 0.25) is 0 Å². The number of methoxy groups -OCH3 is 1. The summed E-state index contributed by atoms with van der Waals surface area (Å²) in [6.07, 6.45) is 0. The van der Waals surface area contributed by atoms with Gasteiger partial charge in [-0.25, -0.2) is 9.78 Å². The van der Waals surface area contributed by atoms with Gasteiger partial charge in [0.15, 0.2) is 9.61 Å². The van der Waals surface area contributed by atoms with Gasteiger partial charge in [-0.15, -0.1) is 0 Å². The molecule has 5 nitrogen and oxygen atoms in total. The zero-order chi connectivity index (χ0) is 11.5. The predicted octanol–water partition coefficient (Wildman–Crippen LogP) is 1.53. The summed E-state index contributed by atoms with van der Waals surface area (Å²) in [5, 5.41) is 0.849. The number of halogens is 1. The number of rotatable bonds is 2. The number of hydrogen-bond donors (Lipinski definition) is 0. The average Bonchev–Trinajstić information content (AvgIpc) is 2.71. The van der Waals surface area contributed by atoms with Crippen LogP contribution in [0.4, 0.5) is 5.00 Å². The summed E-state index contributed by atoms with van der Waals surface area (Å²) in [5.74, 6) is -0.400. The number of nitrogens with zero attached hydrogens (tertiary/aromatic N) is 2. The monoisotopic (exact) mass is 306 g/mol. The van der Waals surface area contributed by atoms with Crippen molar-refractivity contribution in [1.82, 2.24) is 4.98 Å². The third kappa shape index (κ3) is 2.36. The SMILES string of the molecule is COC(=O)c1nc(Br)sc1N1CCOCC1. The Labute approximate surface area is 105 Å². The predicted molar refractivity (Wildman–Crippen MR) is 64.2 cm³/mol. The highest BCUT2D eigenvalue weighted by Gasteiger charge is 2.23. The highest BCUT2D eigenvalue weighted by molar-refractivity contribution is 9.11. The van der Waals surface area contributed by atoms with Crippen LogP contribution in [0.1, 0.15) is 10.5 Å². The normalized spacial score (nSPS) is 16.2. The minimum absolute atomic E-state index is 0.376. The minimum Gasteiger partial charge on any atom is -0.464 e. The molecule has 0 aliphatic carbocycles. The van der Waals surface area contributed by atoms with E-state index in [9.17, 15) is 4.79 Å². The van der Waals surface area contributed by atoms with Crippen molar-refractivity contribution in [3.8, 4) is 0 Å². The largest absolute Gasteiger partial charge is 0.464 e. The standard InChI is InChI=1S/C9H11BrN2O3S/c1-14-8(13)6-7(16-9(10)11-6)12-2-4-15-5-3-12/h2-5H2,1H3. The number of morpholine rings is 1. The van der Waals surface area contributed by atoms with Gasteiger partial charge in [-0.2, -0.15) is 0 Å². The highest BCUT2D eigenvalue weighted by atomic mass is 79.9. The van der Waals surface area contributed by atoms with Crippen LogP contribution in [0.15, 0.2) is 3.92 Å². The molecule has 0 spiro atoms. The number of anilines is 1. The number of carbonyl (C=O) groups is 1. The summed E-state index contributed by atoms with van der Waals surface area (Å²) in [5.41, 5.74) is 0.376. The molecule has 0 aromatic carbocycles. The van der Waals surface area contributed by atoms with Gasteiger partial charge < -0.3 is 14.4 Å². The van der Waals surface area contributed by atoms with Crippen LogP contribution in [0, 0.1) is 0 Å². The van der Waals surface area contributed by atoms with Gasteiger partial charge in [-0.3, -0.25) is 0 Å². The lowest BCUT2D eigenvalue weighted by atomic mass is 10.4. The molecule has 1 aromatic heterocycles. The molecule has 0 unspecified atom stereocenters. The molecule has 0 bridgehead atoms. The summed E-state index contributed by atoms with van der Waals surface area (Å²) < 4.78 is 10.7. The van der Waals surface area contributed by atoms with Gasteiger partial charge in [-0.1, -0.05) is 11.3 Å². The minimum atomic E-state index is -0.400. The van der Waals surface area contributed by atoms with Crippen LogP contribution < -0.4 is 4.90 Å². The van der Waals surface area contributed by atoms with Crippen LogP contribution in [0.2, 0.25) is 0 Å². The number of aromatic nitrogens is 1. The van der Waals surface area contributed by atoms with Crippen LogP contribution in [-0.2, 0) is 9.47 Å². The molecule has 1 saturated heterocycles. The summed E-state index contributed by atoms with van der Waals surface area (Å²) in [6.45, 7) is 2.91. The van der Waals surface area contributed by atoms with Gasteiger partial charge >= 0.3 is 5.97 Å². The second kappa shape index (κ2) is 5.11. The average molecular weight is 307 g/mol. The molecule has 0 radical (unpaired) electrons. The van der Waals surface area contributed by atoms with Crippen molar-refractivity contribution in [3.63, 3.8) is 0 Å². The van der Waals surface area contributed by atoms with E-state index in [1.54, 1.807) is 0 Å². The first-order valence-corrected chi connectivity index (χ1v) is 6.40. The molecule has 1 aliphatic heterocycles. The Hall–Kier alpha value is -0.660. The summed E-state index contributed by atoms with van der Waals surface area (Å²) in [7, 11) is 1.36. The lowest BCUT2D eigenvalue weighted by molar-refractivity contribution is 0.0594. The fourth-order valence-electron chi connectivity index (χ4n) is 1.50. The maximum Gasteiger partial charge on any atom is 0.359 e. The number of ether oxygens (including phenoxy) is 2. The molecule has 1 aliphatic rings. The summed E-state index contributed by atoms with van der Waals surface area (Å²) >= 11 is 4.73. The lowest BCUT2D eigenvalue weighted by Gasteiger charge is -2.27. The van der Waals surface area contributed by atoms with Crippen molar-refractivity contribution in [3.05, 3.63) is 9.61 Å². The van der Waals surface area contributed by atoms with Gasteiger partial charge in [0.25, 0.3) is 0 Å². The van der Waals surface area contributed by atoms with E-state index < -0.39 is 5.97 Å². The Morgan fingerprint density at radius 3 is 2.88 bits per heavy atom. The van der Waals surface area contributed by atoms with Gasteiger partial charge in [-0.05, 0) is 15.9 Å². The second-order valence-electron chi connectivity index (χ2n) is 3.21. The highest BCUT2D eigenvalue weighted by Crippen LogP contribution is 2.32. The summed E-state index contributed by atoms with van der Waals surface area (Å²) in [4.78, 5) is 17.8. The Balaban J connectivity index is 2.27. The Morgan fingerprint density at radius 2 is 2.25 bits per heavy atom. The maximum absolute atomic E-state index is 11.5. The molecule has 0 atom stereocenters. The Morgan fingerprint density at radius 1 is 1.56 bits per heavy atom. The van der Waals surface area contributed by atoms with E-state index in [0.717, 1.165) is 18.1 Å². The van der Waals surface area contributed by atoms with Gasteiger partial charge in [0.05, 0.1) is 20.3 Å². The van der Waals surface area contributed by atoms with E-state index in [1.165, 1.54) is 18.4 Å². The van der Waals surface area contributed by atoms with E-state index in [0.29, 0.717) is 22.8 Å². The number of thiazole rings is 1. The number of esters is 1. The van der Waals surface area contributed by atoms with Crippen LogP contribution in [-0.4, -0.2) is 44.4 Å². The molecule has 88 valence electrons. The Bertz CT molecular complexity index is 390. The van der Waals surface area contributed by atoms with Crippen molar-refractivity contribution in [1.29, 1.82) is 0 Å². The molecule has 0 saturated carbocycles. The fourth-order valence-corrected chi connectivity index (χ4v) is 2.97. The number of hydrogen-bond acceptors (Lipinski definition) is 6. The first kappa shape index (κ1) is 11.8. The van der Waals surface area contributed by atoms with E-state index in [2.05, 4.69) is 25.8 Å². The summed E-state index contributed by atoms with van der Waals surface area (Å²) in [6, 6.07) is 0. The quantitative estimate of drug-likeness (QED) is 0.776. The second-order valence-corrected chi connectivity index (χ2v) is 5.47. The van der Waals surface area contributed by atoms with Crippen molar-refractivity contribution < 1.29 is 14.3 Å². The van der Waals surface area contributed by atoms with Crippen molar-refractivity contribution in [2.24, 2.45) is 0 Å². The molecule has 1 aromatic rings. The van der Waals surface area contributed by atoms with E-state index in [4.69, 9.17) is 9.47 Å². The van der Waals surface area contributed by atoms with E-state index in [1.807, 2.05) is 0 Å². The first-order valence-electron chi connectivity index (χ1n) is 4.79. The molecule has 1 fully saturated rings. The van der Waals surface area contributed by atoms with E-state index in [-0.39, 0.29) is 0 Å². The van der Waals surface area contributed by atoms with Crippen LogP contribution in [0.5, 0.6) is 0 Å². The molecule has 2 heterocycles. The first-order chi connectivity index (χ1) is 7.72. The molecule has 2 rings (SSSR count). The topological polar surface area (TPSA) is 51.7 Å². The van der Waals surface area contributed by atoms with Crippen molar-refractivity contribution in [2.75, 3.05) is 38.3 Å². The zero-order valence-electron chi connectivity index (χ0n) is 8.73. The number of carbonyl (C=O) groups excluding carboxylic acids is 1. The van der Waals surface area contributed by atoms with E-state index >= 15 is 0 Å². The maximum atomic E-state index is 11.5. The third-order valence-electron chi connectivity index (χ3n) is 2.26. The molecule has 0 N–H and O–H groups in total. The van der Waals surface area contributed by atoms with Crippen molar-refractivity contribution in [2.45, 2.75) is 0 Å². The van der Waals surface area contributed by atoms with Gasteiger partial charge in [0, 0.05) is 13.1 Å². The van der Waals surface area contributed by atoms with Crippen LogP contribution in [0.3, 0.4) is 0 Å². The van der Waals surface area contributed by atoms with Crippen LogP contribution in [0.25, 0.3) is 0 Å².